The molecule has 0 fully saturated rings. The van der Waals surface area contributed by atoms with Crippen LogP contribution in [0.5, 0.6) is 11.5 Å². The van der Waals surface area contributed by atoms with Crippen molar-refractivity contribution in [2.45, 2.75) is 13.0 Å². The zero-order valence-electron chi connectivity index (χ0n) is 13.7. The Morgan fingerprint density at radius 1 is 1.20 bits per heavy atom. The molecule has 2 aromatic heterocycles. The van der Waals surface area contributed by atoms with Gasteiger partial charge >= 0.3 is 0 Å². The molecule has 25 heavy (non-hydrogen) atoms. The van der Waals surface area contributed by atoms with E-state index in [2.05, 4.69) is 25.3 Å². The molecule has 0 aliphatic rings. The number of hydrogen-bond donors (Lipinski definition) is 4. The predicted molar refractivity (Wildman–Crippen MR) is 94.0 cm³/mol. The third kappa shape index (κ3) is 3.83. The summed E-state index contributed by atoms with van der Waals surface area (Å²) in [6.45, 7) is 1.25. The molecule has 0 saturated carbocycles. The van der Waals surface area contributed by atoms with E-state index in [0.717, 1.165) is 24.2 Å². The van der Waals surface area contributed by atoms with Crippen molar-refractivity contribution in [2.75, 3.05) is 25.1 Å². The highest BCUT2D eigenvalue weighted by molar-refractivity contribution is 5.81. The van der Waals surface area contributed by atoms with E-state index in [1.807, 2.05) is 12.1 Å². The van der Waals surface area contributed by atoms with E-state index in [1.165, 1.54) is 7.11 Å². The van der Waals surface area contributed by atoms with Gasteiger partial charge in [-0.15, -0.1) is 0 Å². The van der Waals surface area contributed by atoms with Crippen LogP contribution in [0.3, 0.4) is 0 Å². The van der Waals surface area contributed by atoms with Crippen LogP contribution < -0.4 is 21.5 Å². The number of ether oxygens (including phenoxy) is 1. The summed E-state index contributed by atoms with van der Waals surface area (Å²) in [5.74, 6) is 0.890. The number of nitrogens with one attached hydrogen (secondary N) is 1. The molecule has 0 spiro atoms. The van der Waals surface area contributed by atoms with Gasteiger partial charge in [-0.1, -0.05) is 6.07 Å². The Labute approximate surface area is 144 Å². The van der Waals surface area contributed by atoms with Crippen molar-refractivity contribution in [1.29, 1.82) is 0 Å². The predicted octanol–water partition coefficient (Wildman–Crippen LogP) is 0.631. The fourth-order valence-corrected chi connectivity index (χ4v) is 2.39. The normalized spacial score (nSPS) is 10.9. The van der Waals surface area contributed by atoms with Gasteiger partial charge in [0, 0.05) is 6.54 Å². The first-order chi connectivity index (χ1) is 12.1. The quantitative estimate of drug-likeness (QED) is 0.474. The Bertz CT molecular complexity index is 901. The summed E-state index contributed by atoms with van der Waals surface area (Å²) >= 11 is 0. The molecule has 0 atom stereocenters. The average Bonchev–Trinajstić information content (AvgIpc) is 2.60. The number of benzene rings is 1. The standard InChI is InChI=1S/C16H19N7O2/c1-25-12-6-9(2-3-11(12)24)4-5-19-7-10-8-20-15-13(21-10)14(17)22-16(18)23-15/h2-3,6,8,19,24H,4-5,7H2,1H3,(H4,17,18,20,22,23). The number of nitrogens with two attached hydrogens (primary N) is 2. The molecular weight excluding hydrogens is 322 g/mol. The van der Waals surface area contributed by atoms with E-state index in [1.54, 1.807) is 12.3 Å². The highest BCUT2D eigenvalue weighted by Gasteiger charge is 2.07. The molecule has 9 heteroatoms. The minimum Gasteiger partial charge on any atom is -0.504 e. The molecule has 2 heterocycles. The van der Waals surface area contributed by atoms with Gasteiger partial charge in [-0.05, 0) is 30.7 Å². The maximum atomic E-state index is 9.60. The number of phenols is 1. The minimum atomic E-state index is 0.0782. The molecule has 0 saturated heterocycles. The third-order valence-corrected chi connectivity index (χ3v) is 3.64. The zero-order chi connectivity index (χ0) is 17.8. The number of fused-ring (bicyclic) bond motifs is 1. The summed E-state index contributed by atoms with van der Waals surface area (Å²) < 4.78 is 5.10. The number of aromatic hydroxyl groups is 1. The molecule has 130 valence electrons. The van der Waals surface area contributed by atoms with E-state index in [-0.39, 0.29) is 17.5 Å². The van der Waals surface area contributed by atoms with Crippen LogP contribution >= 0.6 is 0 Å². The van der Waals surface area contributed by atoms with Crippen molar-refractivity contribution in [2.24, 2.45) is 0 Å². The van der Waals surface area contributed by atoms with Gasteiger partial charge in [0.2, 0.25) is 5.95 Å². The molecule has 9 nitrogen and oxygen atoms in total. The zero-order valence-corrected chi connectivity index (χ0v) is 13.7. The summed E-state index contributed by atoms with van der Waals surface area (Å²) in [7, 11) is 1.53. The lowest BCUT2D eigenvalue weighted by Crippen LogP contribution is -2.18. The fraction of sp³-hybridized carbons (Fsp3) is 0.250. The third-order valence-electron chi connectivity index (χ3n) is 3.64. The first-order valence-corrected chi connectivity index (χ1v) is 7.68. The summed E-state index contributed by atoms with van der Waals surface area (Å²) in [6, 6.07) is 5.30. The molecule has 6 N–H and O–H groups in total. The van der Waals surface area contributed by atoms with Crippen LogP contribution in [0.15, 0.2) is 24.4 Å². The van der Waals surface area contributed by atoms with Crippen molar-refractivity contribution < 1.29 is 9.84 Å². The Morgan fingerprint density at radius 3 is 2.84 bits per heavy atom. The lowest BCUT2D eigenvalue weighted by atomic mass is 10.1. The van der Waals surface area contributed by atoms with Crippen LogP contribution in [0.4, 0.5) is 11.8 Å². The lowest BCUT2D eigenvalue weighted by Gasteiger charge is -2.08. The molecule has 3 rings (SSSR count). The summed E-state index contributed by atoms with van der Waals surface area (Å²) in [5, 5.41) is 12.9. The van der Waals surface area contributed by atoms with E-state index in [9.17, 15) is 5.11 Å². The molecule has 0 aliphatic heterocycles. The SMILES string of the molecule is COc1cc(CCNCc2cnc3nc(N)nc(N)c3n2)ccc1O. The number of anilines is 2. The van der Waals surface area contributed by atoms with Crippen molar-refractivity contribution >= 4 is 22.9 Å². The van der Waals surface area contributed by atoms with Crippen molar-refractivity contribution in [3.8, 4) is 11.5 Å². The molecule has 0 radical (unpaired) electrons. The van der Waals surface area contributed by atoms with E-state index in [4.69, 9.17) is 16.2 Å². The van der Waals surface area contributed by atoms with Crippen LogP contribution in [0.25, 0.3) is 11.2 Å². The lowest BCUT2D eigenvalue weighted by molar-refractivity contribution is 0.373. The molecule has 0 unspecified atom stereocenters. The first-order valence-electron chi connectivity index (χ1n) is 7.68. The highest BCUT2D eigenvalue weighted by Crippen LogP contribution is 2.26. The fourth-order valence-electron chi connectivity index (χ4n) is 2.39. The number of aromatic nitrogens is 4. The second kappa shape index (κ2) is 7.14. The van der Waals surface area contributed by atoms with E-state index >= 15 is 0 Å². The van der Waals surface area contributed by atoms with Crippen LogP contribution in [0, 0.1) is 0 Å². The van der Waals surface area contributed by atoms with Gasteiger partial charge in [0.15, 0.2) is 28.5 Å². The Morgan fingerprint density at radius 2 is 2.04 bits per heavy atom. The number of phenolic OH excluding ortho intramolecular Hbond substituents is 1. The molecule has 1 aromatic carbocycles. The smallest absolute Gasteiger partial charge is 0.224 e. The van der Waals surface area contributed by atoms with Crippen LogP contribution in [0.2, 0.25) is 0 Å². The van der Waals surface area contributed by atoms with E-state index < -0.39 is 0 Å². The number of methoxy groups -OCH3 is 1. The second-order valence-corrected chi connectivity index (χ2v) is 5.43. The molecular formula is C16H19N7O2. The topological polar surface area (TPSA) is 145 Å². The summed E-state index contributed by atoms with van der Waals surface area (Å²) in [6.07, 6.45) is 2.41. The number of nitrogen functional groups attached to an aromatic ring is 2. The van der Waals surface area contributed by atoms with Crippen molar-refractivity contribution in [3.63, 3.8) is 0 Å². The Balaban J connectivity index is 1.60. The number of nitrogens with zero attached hydrogens (tertiary/aromatic N) is 4. The molecule has 0 bridgehead atoms. The molecule has 3 aromatic rings. The van der Waals surface area contributed by atoms with Crippen LogP contribution in [-0.4, -0.2) is 38.7 Å². The van der Waals surface area contributed by atoms with E-state index in [0.29, 0.717) is 23.5 Å². The highest BCUT2D eigenvalue weighted by atomic mass is 16.5. The van der Waals surface area contributed by atoms with Crippen LogP contribution in [-0.2, 0) is 13.0 Å². The van der Waals surface area contributed by atoms with Crippen molar-refractivity contribution in [1.82, 2.24) is 25.3 Å². The Kier molecular flexibility index (Phi) is 4.75. The summed E-state index contributed by atoms with van der Waals surface area (Å²) in [5.41, 5.74) is 14.0. The van der Waals surface area contributed by atoms with Gasteiger partial charge in [-0.25, -0.2) is 9.97 Å². The van der Waals surface area contributed by atoms with Gasteiger partial charge in [-0.2, -0.15) is 9.97 Å². The van der Waals surface area contributed by atoms with Gasteiger partial charge in [0.05, 0.1) is 19.0 Å². The largest absolute Gasteiger partial charge is 0.504 e. The number of hydrogen-bond acceptors (Lipinski definition) is 9. The van der Waals surface area contributed by atoms with Gasteiger partial charge in [0.1, 0.15) is 0 Å². The molecule has 0 amide bonds. The Hall–Kier alpha value is -3.20. The van der Waals surface area contributed by atoms with Crippen LogP contribution in [0.1, 0.15) is 11.3 Å². The summed E-state index contributed by atoms with van der Waals surface area (Å²) in [4.78, 5) is 16.5. The molecule has 0 aliphatic carbocycles. The van der Waals surface area contributed by atoms with Gasteiger partial charge in [-0.3, -0.25) is 0 Å². The second-order valence-electron chi connectivity index (χ2n) is 5.43. The van der Waals surface area contributed by atoms with Gasteiger partial charge in [0.25, 0.3) is 0 Å². The monoisotopic (exact) mass is 341 g/mol. The average molecular weight is 341 g/mol. The minimum absolute atomic E-state index is 0.0782. The van der Waals surface area contributed by atoms with Crippen molar-refractivity contribution in [3.05, 3.63) is 35.7 Å². The first kappa shape index (κ1) is 16.7. The maximum absolute atomic E-state index is 9.60. The maximum Gasteiger partial charge on any atom is 0.224 e. The number of rotatable bonds is 6. The van der Waals surface area contributed by atoms with Gasteiger partial charge < -0.3 is 26.6 Å².